The molecule has 0 saturated heterocycles. The molecule has 0 amide bonds. The van der Waals surface area contributed by atoms with E-state index < -0.39 is 5.97 Å². The highest BCUT2D eigenvalue weighted by Gasteiger charge is 2.11. The van der Waals surface area contributed by atoms with Gasteiger partial charge in [0.15, 0.2) is 0 Å². The third kappa shape index (κ3) is 6.69. The first-order valence-electron chi connectivity index (χ1n) is 6.14. The molecule has 0 heterocycles. The average molecular weight is 239 g/mol. The molecule has 4 heteroatoms. The van der Waals surface area contributed by atoms with E-state index in [2.05, 4.69) is 16.9 Å². The van der Waals surface area contributed by atoms with Gasteiger partial charge in [0.05, 0.1) is 0 Å². The molecule has 0 aliphatic heterocycles. The van der Waals surface area contributed by atoms with Gasteiger partial charge in [-0.05, 0) is 26.2 Å². The molecule has 0 rings (SSSR count). The molecule has 0 bridgehead atoms. The molecule has 0 unspecified atom stereocenters. The molecule has 0 fully saturated rings. The van der Waals surface area contributed by atoms with Crippen molar-refractivity contribution in [3.63, 3.8) is 0 Å². The number of hydrogen-bond donors (Lipinski definition) is 0. The molecule has 17 heavy (non-hydrogen) atoms. The van der Waals surface area contributed by atoms with E-state index in [1.807, 2.05) is 6.92 Å². The molecular formula is C13H21NO3. The van der Waals surface area contributed by atoms with Gasteiger partial charge in [-0.15, -0.1) is 0 Å². The molecule has 96 valence electrons. The molecule has 0 aliphatic rings. The zero-order chi connectivity index (χ0) is 13.1. The van der Waals surface area contributed by atoms with Gasteiger partial charge in [0.2, 0.25) is 0 Å². The second-order valence-corrected chi connectivity index (χ2v) is 3.95. The number of isocyanates is 1. The van der Waals surface area contributed by atoms with Crippen LogP contribution < -0.4 is 0 Å². The van der Waals surface area contributed by atoms with E-state index in [-0.39, 0.29) is 0 Å². The van der Waals surface area contributed by atoms with Crippen LogP contribution in [0.1, 0.15) is 59.3 Å². The quantitative estimate of drug-likeness (QED) is 0.163. The maximum absolute atomic E-state index is 11.4. The highest BCUT2D eigenvalue weighted by molar-refractivity contribution is 5.88. The lowest BCUT2D eigenvalue weighted by molar-refractivity contribution is -0.139. The first-order chi connectivity index (χ1) is 8.17. The lowest BCUT2D eigenvalue weighted by Gasteiger charge is -2.07. The van der Waals surface area contributed by atoms with Gasteiger partial charge in [0.1, 0.15) is 0 Å². The van der Waals surface area contributed by atoms with Crippen LogP contribution in [-0.2, 0) is 14.4 Å². The Balaban J connectivity index is 4.36. The maximum Gasteiger partial charge on any atom is 0.362 e. The van der Waals surface area contributed by atoms with Gasteiger partial charge in [0.25, 0.3) is 6.08 Å². The Morgan fingerprint density at radius 1 is 1.24 bits per heavy atom. The monoisotopic (exact) mass is 239 g/mol. The largest absolute Gasteiger partial charge is 0.362 e. The highest BCUT2D eigenvalue weighted by atomic mass is 16.7. The second-order valence-electron chi connectivity index (χ2n) is 3.95. The van der Waals surface area contributed by atoms with Crippen LogP contribution in [-0.4, -0.2) is 12.0 Å². The summed E-state index contributed by atoms with van der Waals surface area (Å²) in [5, 5.41) is 2.83. The van der Waals surface area contributed by atoms with E-state index in [0.29, 0.717) is 5.57 Å². The Labute approximate surface area is 103 Å². The number of carbonyl (C=O) groups is 1. The molecule has 0 radical (unpaired) electrons. The van der Waals surface area contributed by atoms with Crippen molar-refractivity contribution in [1.82, 2.24) is 0 Å². The van der Waals surface area contributed by atoms with Crippen molar-refractivity contribution in [3.8, 4) is 0 Å². The summed E-state index contributed by atoms with van der Waals surface area (Å²) in [5.74, 6) is -0.555. The SMILES string of the molecule is CCCCCCC(CC)=C(C)C(=O)ON=C=O. The van der Waals surface area contributed by atoms with Gasteiger partial charge >= 0.3 is 5.97 Å². The maximum atomic E-state index is 11.4. The fourth-order valence-electron chi connectivity index (χ4n) is 1.67. The Bertz CT molecular complexity index is 315. The number of nitrogens with zero attached hydrogens (tertiary/aromatic N) is 1. The molecular weight excluding hydrogens is 218 g/mol. The van der Waals surface area contributed by atoms with Crippen LogP contribution in [0.15, 0.2) is 16.3 Å². The molecule has 0 N–H and O–H groups in total. The van der Waals surface area contributed by atoms with Gasteiger partial charge in [-0.3, -0.25) is 0 Å². The standard InChI is InChI=1S/C13H21NO3/c1-4-6-7-8-9-12(5-2)11(3)13(16)17-14-10-15/h4-9H2,1-3H3. The predicted octanol–water partition coefficient (Wildman–Crippen LogP) is 3.48. The first-order valence-corrected chi connectivity index (χ1v) is 6.14. The summed E-state index contributed by atoms with van der Waals surface area (Å²) in [5.41, 5.74) is 1.63. The van der Waals surface area contributed by atoms with Crippen molar-refractivity contribution in [2.45, 2.75) is 59.3 Å². The minimum Gasteiger partial charge on any atom is -0.302 e. The van der Waals surface area contributed by atoms with Crippen LogP contribution in [0.3, 0.4) is 0 Å². The van der Waals surface area contributed by atoms with E-state index in [1.54, 1.807) is 6.92 Å². The summed E-state index contributed by atoms with van der Waals surface area (Å²) in [6, 6.07) is 0. The van der Waals surface area contributed by atoms with Crippen molar-refractivity contribution < 1.29 is 14.4 Å². The van der Waals surface area contributed by atoms with Gasteiger partial charge in [-0.2, -0.15) is 0 Å². The second kappa shape index (κ2) is 9.79. The van der Waals surface area contributed by atoms with Gasteiger partial charge in [-0.1, -0.05) is 38.7 Å². The molecule has 0 aromatic carbocycles. The molecule has 0 aliphatic carbocycles. The number of rotatable bonds is 8. The first kappa shape index (κ1) is 15.6. The summed E-state index contributed by atoms with van der Waals surface area (Å²) < 4.78 is 0. The van der Waals surface area contributed by atoms with Crippen LogP contribution in [0.25, 0.3) is 0 Å². The van der Waals surface area contributed by atoms with Gasteiger partial charge in [0, 0.05) is 10.7 Å². The zero-order valence-electron chi connectivity index (χ0n) is 10.9. The highest BCUT2D eigenvalue weighted by Crippen LogP contribution is 2.18. The summed E-state index contributed by atoms with van der Waals surface area (Å²) in [6.07, 6.45) is 7.57. The molecule has 0 spiro atoms. The van der Waals surface area contributed by atoms with Crippen molar-refractivity contribution in [3.05, 3.63) is 11.1 Å². The Kier molecular flexibility index (Phi) is 8.98. The van der Waals surface area contributed by atoms with Crippen molar-refractivity contribution >= 4 is 12.0 Å². The molecule has 0 saturated carbocycles. The van der Waals surface area contributed by atoms with E-state index in [0.717, 1.165) is 24.8 Å². The minimum atomic E-state index is -0.555. The Morgan fingerprint density at radius 3 is 2.47 bits per heavy atom. The van der Waals surface area contributed by atoms with Crippen molar-refractivity contribution in [2.24, 2.45) is 5.16 Å². The van der Waals surface area contributed by atoms with Gasteiger partial charge < -0.3 is 4.84 Å². The lowest BCUT2D eigenvalue weighted by Crippen LogP contribution is -2.04. The topological polar surface area (TPSA) is 55.7 Å². The van der Waals surface area contributed by atoms with E-state index >= 15 is 0 Å². The summed E-state index contributed by atoms with van der Waals surface area (Å²) >= 11 is 0. The van der Waals surface area contributed by atoms with Crippen LogP contribution in [0, 0.1) is 0 Å². The number of unbranched alkanes of at least 4 members (excludes halogenated alkanes) is 3. The Morgan fingerprint density at radius 2 is 1.94 bits per heavy atom. The van der Waals surface area contributed by atoms with Gasteiger partial charge in [-0.25, -0.2) is 9.59 Å². The van der Waals surface area contributed by atoms with Crippen molar-refractivity contribution in [1.29, 1.82) is 0 Å². The number of hydrogen-bond acceptors (Lipinski definition) is 4. The van der Waals surface area contributed by atoms with Crippen LogP contribution in [0.2, 0.25) is 0 Å². The summed E-state index contributed by atoms with van der Waals surface area (Å²) in [6.45, 7) is 5.88. The summed E-state index contributed by atoms with van der Waals surface area (Å²) in [4.78, 5) is 25.6. The third-order valence-electron chi connectivity index (χ3n) is 2.76. The molecule has 0 aromatic heterocycles. The van der Waals surface area contributed by atoms with E-state index in [4.69, 9.17) is 0 Å². The van der Waals surface area contributed by atoms with Crippen molar-refractivity contribution in [2.75, 3.05) is 0 Å². The van der Waals surface area contributed by atoms with Crippen LogP contribution in [0.4, 0.5) is 0 Å². The molecule has 0 atom stereocenters. The summed E-state index contributed by atoms with van der Waals surface area (Å²) in [7, 11) is 0. The normalized spacial score (nSPS) is 11.5. The number of allylic oxidation sites excluding steroid dienone is 1. The zero-order valence-corrected chi connectivity index (χ0v) is 10.9. The predicted molar refractivity (Wildman–Crippen MR) is 66.0 cm³/mol. The lowest BCUT2D eigenvalue weighted by atomic mass is 10.00. The van der Waals surface area contributed by atoms with E-state index in [9.17, 15) is 9.59 Å². The molecule has 0 aromatic rings. The van der Waals surface area contributed by atoms with Crippen LogP contribution in [0.5, 0.6) is 0 Å². The Hall–Kier alpha value is -1.41. The fraction of sp³-hybridized carbons (Fsp3) is 0.692. The number of carbonyl (C=O) groups excluding carboxylic acids is 2. The molecule has 4 nitrogen and oxygen atoms in total. The minimum absolute atomic E-state index is 0.555. The smallest absolute Gasteiger partial charge is 0.302 e. The van der Waals surface area contributed by atoms with E-state index in [1.165, 1.54) is 25.3 Å². The fourth-order valence-corrected chi connectivity index (χ4v) is 1.67. The third-order valence-corrected chi connectivity index (χ3v) is 2.76. The average Bonchev–Trinajstić information content (AvgIpc) is 2.35. The van der Waals surface area contributed by atoms with Crippen LogP contribution >= 0.6 is 0 Å².